The van der Waals surface area contributed by atoms with E-state index in [1.54, 1.807) is 13.0 Å². The number of hydrogen-bond acceptors (Lipinski definition) is 4. The average Bonchev–Trinajstić information content (AvgIpc) is 2.82. The molecule has 0 bridgehead atoms. The molecule has 1 aromatic heterocycles. The van der Waals surface area contributed by atoms with Gasteiger partial charge in [-0.15, -0.1) is 11.8 Å². The molecule has 1 rings (SSSR count). The molecule has 0 radical (unpaired) electrons. The van der Waals surface area contributed by atoms with Gasteiger partial charge < -0.3 is 9.73 Å². The summed E-state index contributed by atoms with van der Waals surface area (Å²) < 4.78 is 31.5. The standard InChI is InChI=1S/C13H20N2O3S/c1-4-5-6-9-15-19(16,17)13-8-7-12(18-13)10-14-11(2)3/h7-8,11,14-15H,6,9-10H2,1-3H3. The van der Waals surface area contributed by atoms with Crippen LogP contribution in [0.5, 0.6) is 0 Å². The smallest absolute Gasteiger partial charge is 0.273 e. The first-order chi connectivity index (χ1) is 8.95. The number of hydrogen-bond donors (Lipinski definition) is 2. The van der Waals surface area contributed by atoms with Crippen LogP contribution in [0.3, 0.4) is 0 Å². The summed E-state index contributed by atoms with van der Waals surface area (Å²) >= 11 is 0. The van der Waals surface area contributed by atoms with E-state index < -0.39 is 10.0 Å². The minimum atomic E-state index is -3.57. The van der Waals surface area contributed by atoms with Gasteiger partial charge in [-0.05, 0) is 19.1 Å². The monoisotopic (exact) mass is 284 g/mol. The summed E-state index contributed by atoms with van der Waals surface area (Å²) in [4.78, 5) is 0. The molecule has 0 aliphatic rings. The Balaban J connectivity index is 2.60. The number of rotatable bonds is 7. The molecule has 0 fully saturated rings. The van der Waals surface area contributed by atoms with Gasteiger partial charge in [-0.3, -0.25) is 0 Å². The van der Waals surface area contributed by atoms with E-state index in [2.05, 4.69) is 21.9 Å². The summed E-state index contributed by atoms with van der Waals surface area (Å²) in [7, 11) is -3.57. The zero-order valence-corrected chi connectivity index (χ0v) is 12.3. The Morgan fingerprint density at radius 2 is 2.11 bits per heavy atom. The van der Waals surface area contributed by atoms with E-state index in [9.17, 15) is 8.42 Å². The average molecular weight is 284 g/mol. The molecule has 0 aromatic carbocycles. The topological polar surface area (TPSA) is 71.3 Å². The van der Waals surface area contributed by atoms with Crippen LogP contribution in [0.1, 0.15) is 33.0 Å². The van der Waals surface area contributed by atoms with E-state index >= 15 is 0 Å². The van der Waals surface area contributed by atoms with Crippen molar-refractivity contribution in [3.05, 3.63) is 17.9 Å². The first-order valence-corrected chi connectivity index (χ1v) is 7.65. The molecular formula is C13H20N2O3S. The second-order valence-corrected chi connectivity index (χ2v) is 6.03. The molecule has 0 amide bonds. The molecule has 0 aliphatic heterocycles. The van der Waals surface area contributed by atoms with Gasteiger partial charge in [0.1, 0.15) is 5.76 Å². The molecule has 5 nitrogen and oxygen atoms in total. The summed E-state index contributed by atoms with van der Waals surface area (Å²) in [5, 5.41) is 3.10. The highest BCUT2D eigenvalue weighted by Gasteiger charge is 2.17. The van der Waals surface area contributed by atoms with Crippen molar-refractivity contribution in [3.63, 3.8) is 0 Å². The van der Waals surface area contributed by atoms with Crippen LogP contribution in [0.4, 0.5) is 0 Å². The lowest BCUT2D eigenvalue weighted by molar-refractivity contribution is 0.393. The van der Waals surface area contributed by atoms with Crippen molar-refractivity contribution in [2.45, 2.75) is 44.9 Å². The van der Waals surface area contributed by atoms with E-state index in [-0.39, 0.29) is 11.6 Å². The maximum absolute atomic E-state index is 11.9. The maximum Gasteiger partial charge on any atom is 0.273 e. The number of nitrogens with one attached hydrogen (secondary N) is 2. The SMILES string of the molecule is CC#CCCNS(=O)(=O)c1ccc(CNC(C)C)o1. The number of furan rings is 1. The highest BCUT2D eigenvalue weighted by Crippen LogP contribution is 2.13. The molecule has 1 aromatic rings. The molecule has 0 saturated heterocycles. The summed E-state index contributed by atoms with van der Waals surface area (Å²) in [6.45, 7) is 6.53. The van der Waals surface area contributed by atoms with Gasteiger partial charge in [0.25, 0.3) is 10.0 Å². The van der Waals surface area contributed by atoms with Crippen LogP contribution in [-0.2, 0) is 16.6 Å². The zero-order chi connectivity index (χ0) is 14.3. The molecule has 0 saturated carbocycles. The predicted octanol–water partition coefficient (Wildman–Crippen LogP) is 1.47. The third kappa shape index (κ3) is 5.47. The Labute approximate surface area is 114 Å². The molecule has 19 heavy (non-hydrogen) atoms. The molecule has 0 unspecified atom stereocenters. The van der Waals surface area contributed by atoms with Gasteiger partial charge in [-0.1, -0.05) is 13.8 Å². The van der Waals surface area contributed by atoms with Crippen LogP contribution in [0.15, 0.2) is 21.6 Å². The lowest BCUT2D eigenvalue weighted by atomic mass is 10.3. The largest absolute Gasteiger partial charge is 0.447 e. The van der Waals surface area contributed by atoms with Crippen LogP contribution in [0.25, 0.3) is 0 Å². The van der Waals surface area contributed by atoms with Gasteiger partial charge in [-0.25, -0.2) is 13.1 Å². The Kier molecular flexibility index (Phi) is 6.09. The van der Waals surface area contributed by atoms with Crippen molar-refractivity contribution in [2.24, 2.45) is 0 Å². The Morgan fingerprint density at radius 3 is 2.74 bits per heavy atom. The van der Waals surface area contributed by atoms with E-state index in [0.29, 0.717) is 24.8 Å². The first-order valence-electron chi connectivity index (χ1n) is 6.17. The van der Waals surface area contributed by atoms with Crippen LogP contribution in [0.2, 0.25) is 0 Å². The van der Waals surface area contributed by atoms with Crippen molar-refractivity contribution >= 4 is 10.0 Å². The fourth-order valence-corrected chi connectivity index (χ4v) is 2.32. The summed E-state index contributed by atoms with van der Waals surface area (Å²) in [6.07, 6.45) is 0.484. The Bertz CT molecular complexity index is 550. The van der Waals surface area contributed by atoms with Crippen LogP contribution in [-0.4, -0.2) is 21.0 Å². The van der Waals surface area contributed by atoms with E-state index in [0.717, 1.165) is 0 Å². The normalized spacial score (nSPS) is 11.4. The first kappa shape index (κ1) is 15.8. The summed E-state index contributed by atoms with van der Waals surface area (Å²) in [6, 6.07) is 3.44. The van der Waals surface area contributed by atoms with Crippen LogP contribution >= 0.6 is 0 Å². The van der Waals surface area contributed by atoms with Crippen molar-refractivity contribution in [2.75, 3.05) is 6.54 Å². The van der Waals surface area contributed by atoms with E-state index in [1.807, 2.05) is 13.8 Å². The van der Waals surface area contributed by atoms with Crippen molar-refractivity contribution in [1.82, 2.24) is 10.0 Å². The third-order valence-corrected chi connectivity index (χ3v) is 3.64. The molecule has 1 heterocycles. The van der Waals surface area contributed by atoms with Gasteiger partial charge >= 0.3 is 0 Å². The predicted molar refractivity (Wildman–Crippen MR) is 73.9 cm³/mol. The van der Waals surface area contributed by atoms with Crippen molar-refractivity contribution < 1.29 is 12.8 Å². The fourth-order valence-electron chi connectivity index (χ4n) is 1.35. The minimum Gasteiger partial charge on any atom is -0.447 e. The van der Waals surface area contributed by atoms with Gasteiger partial charge in [0.2, 0.25) is 5.09 Å². The van der Waals surface area contributed by atoms with Gasteiger partial charge in [-0.2, -0.15) is 0 Å². The summed E-state index contributed by atoms with van der Waals surface area (Å²) in [5.41, 5.74) is 0. The lowest BCUT2D eigenvalue weighted by Gasteiger charge is -2.05. The fraction of sp³-hybridized carbons (Fsp3) is 0.538. The molecule has 0 aliphatic carbocycles. The molecule has 0 spiro atoms. The van der Waals surface area contributed by atoms with Gasteiger partial charge in [0, 0.05) is 19.0 Å². The van der Waals surface area contributed by atoms with Crippen LogP contribution < -0.4 is 10.0 Å². The second kappa shape index (κ2) is 7.34. The second-order valence-electron chi connectivity index (χ2n) is 4.33. The lowest BCUT2D eigenvalue weighted by Crippen LogP contribution is -2.24. The van der Waals surface area contributed by atoms with Gasteiger partial charge in [0.05, 0.1) is 6.54 Å². The molecule has 106 valence electrons. The molecule has 2 N–H and O–H groups in total. The van der Waals surface area contributed by atoms with Crippen molar-refractivity contribution in [1.29, 1.82) is 0 Å². The maximum atomic E-state index is 11.9. The zero-order valence-electron chi connectivity index (χ0n) is 11.5. The van der Waals surface area contributed by atoms with Gasteiger partial charge in [0.15, 0.2) is 0 Å². The molecule has 0 atom stereocenters. The molecule has 6 heteroatoms. The van der Waals surface area contributed by atoms with Crippen molar-refractivity contribution in [3.8, 4) is 11.8 Å². The number of sulfonamides is 1. The summed E-state index contributed by atoms with van der Waals surface area (Å²) in [5.74, 6) is 6.10. The Hall–Kier alpha value is -1.29. The van der Waals surface area contributed by atoms with E-state index in [4.69, 9.17) is 4.42 Å². The quantitative estimate of drug-likeness (QED) is 0.587. The highest BCUT2D eigenvalue weighted by molar-refractivity contribution is 7.89. The Morgan fingerprint density at radius 1 is 1.37 bits per heavy atom. The van der Waals surface area contributed by atoms with E-state index in [1.165, 1.54) is 6.07 Å². The van der Waals surface area contributed by atoms with Crippen LogP contribution in [0, 0.1) is 11.8 Å². The third-order valence-electron chi connectivity index (χ3n) is 2.31. The minimum absolute atomic E-state index is 0.0579. The highest BCUT2D eigenvalue weighted by atomic mass is 32.2. The molecular weight excluding hydrogens is 264 g/mol.